The molecule has 1 aliphatic carbocycles. The number of nitrogens with zero attached hydrogens (tertiary/aromatic N) is 1. The van der Waals surface area contributed by atoms with Gasteiger partial charge in [0.15, 0.2) is 11.5 Å². The number of benzene rings is 1. The molecule has 8 nitrogen and oxygen atoms in total. The molecule has 1 amide bonds. The van der Waals surface area contributed by atoms with Crippen molar-refractivity contribution in [3.8, 4) is 22.8 Å². The fourth-order valence-corrected chi connectivity index (χ4v) is 2.31. The standard InChI is InChI=1S/C18H20N2O6/c1-23-12-5-6-15(24-2)13(7-12)16-8-14(20-26-16)18(22)19-9-17(21)25-10-11-3-4-11/h5-8,11H,3-4,9-10H2,1-2H3,(H,19,22). The summed E-state index contributed by atoms with van der Waals surface area (Å²) in [4.78, 5) is 23.7. The van der Waals surface area contributed by atoms with Crippen LogP contribution in [0.5, 0.6) is 11.5 Å². The van der Waals surface area contributed by atoms with Crippen molar-refractivity contribution in [2.75, 3.05) is 27.4 Å². The third-order valence-electron chi connectivity index (χ3n) is 3.99. The monoisotopic (exact) mass is 360 g/mol. The lowest BCUT2D eigenvalue weighted by atomic mass is 10.1. The summed E-state index contributed by atoms with van der Waals surface area (Å²) in [5.74, 6) is 1.00. The SMILES string of the molecule is COc1ccc(OC)c(-c2cc(C(=O)NCC(=O)OCC3CC3)no2)c1. The first-order valence-corrected chi connectivity index (χ1v) is 8.23. The fraction of sp³-hybridized carbons (Fsp3) is 0.389. The molecule has 1 aromatic carbocycles. The highest BCUT2D eigenvalue weighted by Gasteiger charge is 2.23. The molecule has 0 spiro atoms. The van der Waals surface area contributed by atoms with Crippen LogP contribution < -0.4 is 14.8 Å². The van der Waals surface area contributed by atoms with Crippen LogP contribution in [0.3, 0.4) is 0 Å². The summed E-state index contributed by atoms with van der Waals surface area (Å²) in [6, 6.07) is 6.67. The van der Waals surface area contributed by atoms with Gasteiger partial charge in [-0.3, -0.25) is 9.59 Å². The van der Waals surface area contributed by atoms with Gasteiger partial charge in [-0.25, -0.2) is 0 Å². The Bertz CT molecular complexity index is 797. The van der Waals surface area contributed by atoms with Gasteiger partial charge >= 0.3 is 5.97 Å². The Hall–Kier alpha value is -3.03. The summed E-state index contributed by atoms with van der Waals surface area (Å²) in [7, 11) is 3.08. The van der Waals surface area contributed by atoms with Gasteiger partial charge in [0.2, 0.25) is 0 Å². The maximum atomic E-state index is 12.1. The van der Waals surface area contributed by atoms with E-state index in [1.54, 1.807) is 25.3 Å². The van der Waals surface area contributed by atoms with E-state index in [1.165, 1.54) is 13.2 Å². The van der Waals surface area contributed by atoms with Crippen LogP contribution >= 0.6 is 0 Å². The molecule has 1 aliphatic rings. The predicted molar refractivity (Wildman–Crippen MR) is 91.1 cm³/mol. The van der Waals surface area contributed by atoms with Crippen LogP contribution in [-0.4, -0.2) is 44.4 Å². The number of hydrogen-bond acceptors (Lipinski definition) is 7. The van der Waals surface area contributed by atoms with Crippen molar-refractivity contribution >= 4 is 11.9 Å². The van der Waals surface area contributed by atoms with Gasteiger partial charge in [-0.05, 0) is 37.0 Å². The van der Waals surface area contributed by atoms with Gasteiger partial charge in [-0.2, -0.15) is 0 Å². The van der Waals surface area contributed by atoms with Gasteiger partial charge in [0.1, 0.15) is 18.0 Å². The molecule has 0 atom stereocenters. The minimum atomic E-state index is -0.523. The van der Waals surface area contributed by atoms with Crippen LogP contribution in [0.2, 0.25) is 0 Å². The summed E-state index contributed by atoms with van der Waals surface area (Å²) < 4.78 is 20.8. The Kier molecular flexibility index (Phi) is 5.40. The second-order valence-electron chi connectivity index (χ2n) is 5.95. The topological polar surface area (TPSA) is 99.9 Å². The smallest absolute Gasteiger partial charge is 0.325 e. The normalized spacial score (nSPS) is 13.2. The van der Waals surface area contributed by atoms with E-state index >= 15 is 0 Å². The minimum absolute atomic E-state index is 0.0554. The van der Waals surface area contributed by atoms with Crippen LogP contribution in [0.15, 0.2) is 28.8 Å². The van der Waals surface area contributed by atoms with Crippen LogP contribution in [0.4, 0.5) is 0 Å². The van der Waals surface area contributed by atoms with Crippen molar-refractivity contribution in [3.05, 3.63) is 30.0 Å². The Labute approximate surface area is 150 Å². The molecule has 2 aromatic rings. The zero-order valence-electron chi connectivity index (χ0n) is 14.6. The number of ether oxygens (including phenoxy) is 3. The lowest BCUT2D eigenvalue weighted by molar-refractivity contribution is -0.142. The molecule has 1 heterocycles. The van der Waals surface area contributed by atoms with Crippen molar-refractivity contribution in [2.24, 2.45) is 5.92 Å². The average molecular weight is 360 g/mol. The van der Waals surface area contributed by atoms with Gasteiger partial charge in [0, 0.05) is 6.07 Å². The highest BCUT2D eigenvalue weighted by atomic mass is 16.5. The summed E-state index contributed by atoms with van der Waals surface area (Å²) >= 11 is 0. The molecule has 8 heteroatoms. The summed E-state index contributed by atoms with van der Waals surface area (Å²) in [6.45, 7) is 0.203. The third kappa shape index (κ3) is 4.33. The van der Waals surface area contributed by atoms with E-state index < -0.39 is 11.9 Å². The largest absolute Gasteiger partial charge is 0.497 e. The average Bonchev–Trinajstić information content (AvgIpc) is 3.37. The summed E-state index contributed by atoms with van der Waals surface area (Å²) in [5, 5.41) is 6.22. The summed E-state index contributed by atoms with van der Waals surface area (Å²) in [5.41, 5.74) is 0.655. The molecule has 138 valence electrons. The zero-order valence-corrected chi connectivity index (χ0v) is 14.6. The number of methoxy groups -OCH3 is 2. The molecule has 1 fully saturated rings. The number of nitrogens with one attached hydrogen (secondary N) is 1. The highest BCUT2D eigenvalue weighted by Crippen LogP contribution is 2.33. The van der Waals surface area contributed by atoms with Gasteiger partial charge < -0.3 is 24.1 Å². The number of rotatable bonds is 8. The molecule has 0 aliphatic heterocycles. The van der Waals surface area contributed by atoms with Crippen molar-refractivity contribution in [2.45, 2.75) is 12.8 Å². The second kappa shape index (κ2) is 7.90. The molecule has 0 saturated heterocycles. The molecule has 0 radical (unpaired) electrons. The fourth-order valence-electron chi connectivity index (χ4n) is 2.31. The van der Waals surface area contributed by atoms with Gasteiger partial charge in [-0.1, -0.05) is 5.16 Å². The molecule has 1 aromatic heterocycles. The molecule has 0 bridgehead atoms. The number of carbonyl (C=O) groups is 2. The lowest BCUT2D eigenvalue weighted by Crippen LogP contribution is -2.31. The van der Waals surface area contributed by atoms with E-state index in [4.69, 9.17) is 18.7 Å². The Morgan fingerprint density at radius 3 is 2.73 bits per heavy atom. The molecular weight excluding hydrogens is 340 g/mol. The Morgan fingerprint density at radius 2 is 2.04 bits per heavy atom. The summed E-state index contributed by atoms with van der Waals surface area (Å²) in [6.07, 6.45) is 2.18. The minimum Gasteiger partial charge on any atom is -0.497 e. The number of amides is 1. The van der Waals surface area contributed by atoms with Crippen molar-refractivity contribution in [3.63, 3.8) is 0 Å². The van der Waals surface area contributed by atoms with E-state index in [0.29, 0.717) is 35.3 Å². The van der Waals surface area contributed by atoms with E-state index in [0.717, 1.165) is 12.8 Å². The van der Waals surface area contributed by atoms with Crippen molar-refractivity contribution in [1.82, 2.24) is 10.5 Å². The van der Waals surface area contributed by atoms with Gasteiger partial charge in [0.25, 0.3) is 5.91 Å². The van der Waals surface area contributed by atoms with Gasteiger partial charge in [-0.15, -0.1) is 0 Å². The maximum absolute atomic E-state index is 12.1. The van der Waals surface area contributed by atoms with Crippen LogP contribution in [0.1, 0.15) is 23.3 Å². The maximum Gasteiger partial charge on any atom is 0.325 e. The van der Waals surface area contributed by atoms with Crippen molar-refractivity contribution in [1.29, 1.82) is 0 Å². The molecule has 3 rings (SSSR count). The molecule has 0 unspecified atom stereocenters. The molecular formula is C18H20N2O6. The van der Waals surface area contributed by atoms with E-state index in [-0.39, 0.29) is 12.2 Å². The molecule has 26 heavy (non-hydrogen) atoms. The quantitative estimate of drug-likeness (QED) is 0.719. The van der Waals surface area contributed by atoms with Crippen LogP contribution in [0.25, 0.3) is 11.3 Å². The first-order chi connectivity index (χ1) is 12.6. The van der Waals surface area contributed by atoms with E-state index in [1.807, 2.05) is 0 Å². The lowest BCUT2D eigenvalue weighted by Gasteiger charge is -2.07. The predicted octanol–water partition coefficient (Wildman–Crippen LogP) is 2.04. The molecule has 1 N–H and O–H groups in total. The number of hydrogen-bond donors (Lipinski definition) is 1. The first-order valence-electron chi connectivity index (χ1n) is 8.23. The van der Waals surface area contributed by atoms with E-state index in [2.05, 4.69) is 10.5 Å². The zero-order chi connectivity index (χ0) is 18.5. The second-order valence-corrected chi connectivity index (χ2v) is 5.95. The first kappa shape index (κ1) is 17.8. The highest BCUT2D eigenvalue weighted by molar-refractivity contribution is 5.95. The number of carbonyl (C=O) groups excluding carboxylic acids is 2. The number of aromatic nitrogens is 1. The third-order valence-corrected chi connectivity index (χ3v) is 3.99. The van der Waals surface area contributed by atoms with Crippen molar-refractivity contribution < 1.29 is 28.3 Å². The van der Waals surface area contributed by atoms with Crippen LogP contribution in [0, 0.1) is 5.92 Å². The van der Waals surface area contributed by atoms with Crippen LogP contribution in [-0.2, 0) is 9.53 Å². The Morgan fingerprint density at radius 1 is 1.23 bits per heavy atom. The van der Waals surface area contributed by atoms with Gasteiger partial charge in [0.05, 0.1) is 26.4 Å². The molecule has 1 saturated carbocycles. The number of esters is 1. The Balaban J connectivity index is 1.63. The van der Waals surface area contributed by atoms with E-state index in [9.17, 15) is 9.59 Å².